The molecule has 0 radical (unpaired) electrons. The molecule has 0 aromatic heterocycles. The molecule has 3 rings (SSSR count). The Bertz CT molecular complexity index is 1070. The van der Waals surface area contributed by atoms with Gasteiger partial charge in [0.2, 0.25) is 0 Å². The number of rotatable bonds is 4. The highest BCUT2D eigenvalue weighted by Crippen LogP contribution is 2.18. The fourth-order valence-corrected chi connectivity index (χ4v) is 2.93. The highest BCUT2D eigenvalue weighted by Gasteiger charge is 2.12. The van der Waals surface area contributed by atoms with Crippen molar-refractivity contribution in [2.75, 3.05) is 5.32 Å². The van der Waals surface area contributed by atoms with Crippen LogP contribution in [0.5, 0.6) is 0 Å². The number of amides is 3. The lowest BCUT2D eigenvalue weighted by Crippen LogP contribution is -2.41. The van der Waals surface area contributed by atoms with Crippen molar-refractivity contribution in [3.8, 4) is 0 Å². The molecule has 3 N–H and O–H groups in total. The van der Waals surface area contributed by atoms with Crippen molar-refractivity contribution in [3.63, 3.8) is 0 Å². The summed E-state index contributed by atoms with van der Waals surface area (Å²) in [6, 6.07) is 19.7. The van der Waals surface area contributed by atoms with Gasteiger partial charge in [-0.3, -0.25) is 25.2 Å². The molecule has 6 nitrogen and oxygen atoms in total. The average molecular weight is 473 g/mol. The molecule has 0 bridgehead atoms. The minimum Gasteiger partial charge on any atom is -0.322 e. The largest absolute Gasteiger partial charge is 0.322 e. The number of carbonyl (C=O) groups is 3. The molecule has 0 aliphatic rings. The van der Waals surface area contributed by atoms with Gasteiger partial charge in [0.05, 0.1) is 10.6 Å². The monoisotopic (exact) mass is 471 g/mol. The van der Waals surface area contributed by atoms with Crippen molar-refractivity contribution in [2.24, 2.45) is 0 Å². The summed E-state index contributed by atoms with van der Waals surface area (Å²) < 4.78 is 0.841. The third-order valence-corrected chi connectivity index (χ3v) is 4.76. The van der Waals surface area contributed by atoms with Crippen LogP contribution in [0.1, 0.15) is 31.1 Å². The average Bonchev–Trinajstić information content (AvgIpc) is 2.72. The van der Waals surface area contributed by atoms with Gasteiger partial charge >= 0.3 is 0 Å². The molecule has 3 aromatic rings. The van der Waals surface area contributed by atoms with Crippen LogP contribution >= 0.6 is 27.5 Å². The molecule has 3 amide bonds. The van der Waals surface area contributed by atoms with E-state index in [9.17, 15) is 14.4 Å². The SMILES string of the molecule is O=C(NNC(=O)c1cccc(NC(=O)c2ccccc2Cl)c1)c1ccc(Br)cc1. The van der Waals surface area contributed by atoms with Crippen LogP contribution in [0.15, 0.2) is 77.3 Å². The number of nitrogens with one attached hydrogen (secondary N) is 3. The topological polar surface area (TPSA) is 87.3 Å². The summed E-state index contributed by atoms with van der Waals surface area (Å²) in [6.07, 6.45) is 0. The van der Waals surface area contributed by atoms with Crippen LogP contribution in [-0.2, 0) is 0 Å². The number of hydrogen-bond donors (Lipinski definition) is 3. The van der Waals surface area contributed by atoms with E-state index in [2.05, 4.69) is 32.1 Å². The number of halogens is 2. The van der Waals surface area contributed by atoms with Gasteiger partial charge in [-0.1, -0.05) is 45.7 Å². The van der Waals surface area contributed by atoms with Gasteiger partial charge in [-0.2, -0.15) is 0 Å². The molecule has 0 saturated heterocycles. The molecule has 0 aliphatic heterocycles. The van der Waals surface area contributed by atoms with E-state index in [4.69, 9.17) is 11.6 Å². The highest BCUT2D eigenvalue weighted by molar-refractivity contribution is 9.10. The highest BCUT2D eigenvalue weighted by atomic mass is 79.9. The second kappa shape index (κ2) is 9.36. The zero-order chi connectivity index (χ0) is 20.8. The van der Waals surface area contributed by atoms with E-state index in [1.54, 1.807) is 66.7 Å². The Hall–Kier alpha value is -3.16. The van der Waals surface area contributed by atoms with E-state index in [-0.39, 0.29) is 5.56 Å². The second-order valence-corrected chi connectivity index (χ2v) is 7.25. The standard InChI is InChI=1S/C21H15BrClN3O3/c22-15-10-8-13(9-11-15)19(27)25-26-20(28)14-4-3-5-16(12-14)24-21(29)17-6-1-2-7-18(17)23/h1-12H,(H,24,29)(H,25,27)(H,26,28). The normalized spacial score (nSPS) is 10.1. The van der Waals surface area contributed by atoms with Crippen LogP contribution < -0.4 is 16.2 Å². The fraction of sp³-hybridized carbons (Fsp3) is 0. The molecule has 0 saturated carbocycles. The number of hydrogen-bond acceptors (Lipinski definition) is 3. The van der Waals surface area contributed by atoms with E-state index in [0.717, 1.165) is 4.47 Å². The lowest BCUT2D eigenvalue weighted by atomic mass is 10.1. The van der Waals surface area contributed by atoms with Crippen LogP contribution in [0.3, 0.4) is 0 Å². The van der Waals surface area contributed by atoms with Crippen LogP contribution in [-0.4, -0.2) is 17.7 Å². The van der Waals surface area contributed by atoms with Gasteiger partial charge in [-0.05, 0) is 54.6 Å². The molecule has 0 spiro atoms. The Morgan fingerprint density at radius 1 is 0.724 bits per heavy atom. The molecule has 3 aromatic carbocycles. The van der Waals surface area contributed by atoms with Gasteiger partial charge < -0.3 is 5.32 Å². The zero-order valence-corrected chi connectivity index (χ0v) is 17.3. The minimum atomic E-state index is -0.524. The quantitative estimate of drug-likeness (QED) is 0.491. The molecule has 0 aliphatic carbocycles. The predicted molar refractivity (Wildman–Crippen MR) is 115 cm³/mol. The van der Waals surface area contributed by atoms with Crippen molar-refractivity contribution < 1.29 is 14.4 Å². The van der Waals surface area contributed by atoms with E-state index >= 15 is 0 Å². The van der Waals surface area contributed by atoms with Crippen LogP contribution in [0.2, 0.25) is 5.02 Å². The van der Waals surface area contributed by atoms with E-state index in [1.807, 2.05) is 0 Å². The van der Waals surface area contributed by atoms with E-state index in [0.29, 0.717) is 21.8 Å². The lowest BCUT2D eigenvalue weighted by molar-refractivity contribution is 0.0846. The molecule has 0 fully saturated rings. The lowest BCUT2D eigenvalue weighted by Gasteiger charge is -2.10. The maximum absolute atomic E-state index is 12.4. The summed E-state index contributed by atoms with van der Waals surface area (Å²) in [4.78, 5) is 36.8. The number of anilines is 1. The van der Waals surface area contributed by atoms with Gasteiger partial charge in [0.25, 0.3) is 17.7 Å². The molecule has 0 unspecified atom stereocenters. The van der Waals surface area contributed by atoms with Crippen molar-refractivity contribution >= 4 is 50.9 Å². The van der Waals surface area contributed by atoms with E-state index in [1.165, 1.54) is 6.07 Å². The third-order valence-electron chi connectivity index (χ3n) is 3.90. The first-order chi connectivity index (χ1) is 13.9. The molecule has 146 valence electrons. The number of benzene rings is 3. The van der Waals surface area contributed by atoms with Crippen LogP contribution in [0.25, 0.3) is 0 Å². The summed E-state index contributed by atoms with van der Waals surface area (Å²) in [5.41, 5.74) is 6.10. The van der Waals surface area contributed by atoms with Crippen molar-refractivity contribution in [2.45, 2.75) is 0 Å². The Labute approximate surface area is 180 Å². The van der Waals surface area contributed by atoms with Crippen LogP contribution in [0.4, 0.5) is 5.69 Å². The maximum Gasteiger partial charge on any atom is 0.269 e. The molecule has 29 heavy (non-hydrogen) atoms. The van der Waals surface area contributed by atoms with Gasteiger partial charge in [-0.15, -0.1) is 0 Å². The first-order valence-corrected chi connectivity index (χ1v) is 9.63. The van der Waals surface area contributed by atoms with E-state index < -0.39 is 17.7 Å². The fourth-order valence-electron chi connectivity index (χ4n) is 2.44. The maximum atomic E-state index is 12.4. The second-order valence-electron chi connectivity index (χ2n) is 5.93. The number of hydrazine groups is 1. The summed E-state index contributed by atoms with van der Waals surface area (Å²) in [5, 5.41) is 3.02. The molecule has 0 heterocycles. The van der Waals surface area contributed by atoms with Crippen molar-refractivity contribution in [3.05, 3.63) is 99.0 Å². The smallest absolute Gasteiger partial charge is 0.269 e. The van der Waals surface area contributed by atoms with Crippen molar-refractivity contribution in [1.29, 1.82) is 0 Å². The third kappa shape index (κ3) is 5.43. The molecular formula is C21H15BrClN3O3. The molecule has 8 heteroatoms. The first-order valence-electron chi connectivity index (χ1n) is 8.46. The number of carbonyl (C=O) groups excluding carboxylic acids is 3. The molecular weight excluding hydrogens is 458 g/mol. The van der Waals surface area contributed by atoms with Crippen molar-refractivity contribution in [1.82, 2.24) is 10.9 Å². The summed E-state index contributed by atoms with van der Waals surface area (Å²) in [5.74, 6) is -1.37. The Morgan fingerprint density at radius 2 is 1.38 bits per heavy atom. The first kappa shape index (κ1) is 20.6. The van der Waals surface area contributed by atoms with Crippen LogP contribution in [0, 0.1) is 0 Å². The Kier molecular flexibility index (Phi) is 6.64. The van der Waals surface area contributed by atoms with Gasteiger partial charge in [0, 0.05) is 21.3 Å². The molecule has 0 atom stereocenters. The van der Waals surface area contributed by atoms with Gasteiger partial charge in [0.1, 0.15) is 0 Å². The summed E-state index contributed by atoms with van der Waals surface area (Å²) in [7, 11) is 0. The summed E-state index contributed by atoms with van der Waals surface area (Å²) >= 11 is 9.32. The Balaban J connectivity index is 1.63. The van der Waals surface area contributed by atoms with Gasteiger partial charge in [0.15, 0.2) is 0 Å². The predicted octanol–water partition coefficient (Wildman–Crippen LogP) is 4.43. The summed E-state index contributed by atoms with van der Waals surface area (Å²) in [6.45, 7) is 0. The Morgan fingerprint density at radius 3 is 2.07 bits per heavy atom. The van der Waals surface area contributed by atoms with Gasteiger partial charge in [-0.25, -0.2) is 0 Å². The minimum absolute atomic E-state index is 0.262. The zero-order valence-electron chi connectivity index (χ0n) is 14.9.